The SMILES string of the molecule is COCc1cc(C)c2c(n1)C(=NOCC(C)(C)CON=C1CCCc3ccc(C)nc31)CCC2. The van der Waals surface area contributed by atoms with E-state index in [1.807, 2.05) is 6.92 Å². The van der Waals surface area contributed by atoms with Crippen LogP contribution in [0, 0.1) is 19.3 Å². The summed E-state index contributed by atoms with van der Waals surface area (Å²) in [6.07, 6.45) is 5.96. The smallest absolute Gasteiger partial charge is 0.125 e. The van der Waals surface area contributed by atoms with Gasteiger partial charge in [0.2, 0.25) is 0 Å². The first-order chi connectivity index (χ1) is 16.4. The zero-order valence-electron chi connectivity index (χ0n) is 21.1. The van der Waals surface area contributed by atoms with Crippen molar-refractivity contribution in [1.82, 2.24) is 9.97 Å². The van der Waals surface area contributed by atoms with Crippen molar-refractivity contribution < 1.29 is 14.4 Å². The van der Waals surface area contributed by atoms with E-state index in [4.69, 9.17) is 19.4 Å². The van der Waals surface area contributed by atoms with Crippen LogP contribution in [0.3, 0.4) is 0 Å². The van der Waals surface area contributed by atoms with Gasteiger partial charge >= 0.3 is 0 Å². The second-order valence-electron chi connectivity index (χ2n) is 10.1. The minimum Gasteiger partial charge on any atom is -0.395 e. The molecule has 0 atom stereocenters. The fourth-order valence-electron chi connectivity index (χ4n) is 4.49. The van der Waals surface area contributed by atoms with Gasteiger partial charge in [-0.05, 0) is 81.2 Å². The average molecular weight is 465 g/mol. The van der Waals surface area contributed by atoms with Gasteiger partial charge in [0.1, 0.15) is 24.6 Å². The monoisotopic (exact) mass is 464 g/mol. The second kappa shape index (κ2) is 10.6. The zero-order chi connectivity index (χ0) is 24.1. The molecule has 4 rings (SSSR count). The second-order valence-corrected chi connectivity index (χ2v) is 10.1. The highest BCUT2D eigenvalue weighted by Crippen LogP contribution is 2.26. The number of hydrogen-bond acceptors (Lipinski definition) is 7. The maximum absolute atomic E-state index is 5.82. The molecule has 0 fully saturated rings. The van der Waals surface area contributed by atoms with E-state index < -0.39 is 0 Å². The van der Waals surface area contributed by atoms with Crippen molar-refractivity contribution >= 4 is 11.4 Å². The molecule has 0 aromatic carbocycles. The van der Waals surface area contributed by atoms with Crippen LogP contribution in [0.4, 0.5) is 0 Å². The van der Waals surface area contributed by atoms with Gasteiger partial charge in [-0.3, -0.25) is 4.98 Å². The Labute approximate surface area is 202 Å². The van der Waals surface area contributed by atoms with Crippen LogP contribution in [0.2, 0.25) is 0 Å². The maximum Gasteiger partial charge on any atom is 0.125 e. The summed E-state index contributed by atoms with van der Waals surface area (Å²) in [4.78, 5) is 21.1. The van der Waals surface area contributed by atoms with Gasteiger partial charge in [-0.15, -0.1) is 0 Å². The van der Waals surface area contributed by atoms with E-state index in [0.29, 0.717) is 19.8 Å². The summed E-state index contributed by atoms with van der Waals surface area (Å²) in [6.45, 7) is 9.70. The molecule has 0 saturated heterocycles. The lowest BCUT2D eigenvalue weighted by molar-refractivity contribution is -0.000314. The molecule has 7 nitrogen and oxygen atoms in total. The summed E-state index contributed by atoms with van der Waals surface area (Å²) in [7, 11) is 1.69. The molecule has 0 bridgehead atoms. The van der Waals surface area contributed by atoms with Crippen molar-refractivity contribution in [2.45, 2.75) is 72.8 Å². The summed E-state index contributed by atoms with van der Waals surface area (Å²) in [5, 5.41) is 8.96. The van der Waals surface area contributed by atoms with E-state index >= 15 is 0 Å². The Morgan fingerprint density at radius 1 is 0.882 bits per heavy atom. The van der Waals surface area contributed by atoms with Crippen molar-refractivity contribution in [3.63, 3.8) is 0 Å². The van der Waals surface area contributed by atoms with E-state index in [0.717, 1.165) is 72.7 Å². The molecule has 0 N–H and O–H groups in total. The number of hydrogen-bond donors (Lipinski definition) is 0. The standard InChI is InChI=1S/C27H36N4O3/c1-18-14-21(15-32-5)29-26-22(18)9-7-11-24(26)31-34-17-27(3,4)16-33-30-23-10-6-8-20-13-12-19(2)28-25(20)23/h12-14H,6-11,15-17H2,1-5H3. The topological polar surface area (TPSA) is 78.2 Å². The van der Waals surface area contributed by atoms with Crippen LogP contribution < -0.4 is 0 Å². The number of oxime groups is 2. The van der Waals surface area contributed by atoms with Crippen LogP contribution in [0.1, 0.15) is 79.0 Å². The molecular formula is C27H36N4O3. The Morgan fingerprint density at radius 3 is 2.26 bits per heavy atom. The lowest BCUT2D eigenvalue weighted by Crippen LogP contribution is -2.25. The number of rotatable bonds is 8. The quantitative estimate of drug-likeness (QED) is 0.509. The minimum absolute atomic E-state index is 0.246. The third-order valence-electron chi connectivity index (χ3n) is 6.32. The maximum atomic E-state index is 5.82. The molecule has 2 aliphatic rings. The predicted octanol–water partition coefficient (Wildman–Crippen LogP) is 5.08. The van der Waals surface area contributed by atoms with Gasteiger partial charge in [-0.1, -0.05) is 30.2 Å². The first-order valence-corrected chi connectivity index (χ1v) is 12.2. The minimum atomic E-state index is -0.246. The van der Waals surface area contributed by atoms with Crippen molar-refractivity contribution in [2.24, 2.45) is 15.7 Å². The fourth-order valence-corrected chi connectivity index (χ4v) is 4.49. The van der Waals surface area contributed by atoms with Crippen molar-refractivity contribution in [2.75, 3.05) is 20.3 Å². The van der Waals surface area contributed by atoms with Crippen molar-refractivity contribution in [3.8, 4) is 0 Å². The molecule has 0 aliphatic heterocycles. The van der Waals surface area contributed by atoms with Crippen LogP contribution in [-0.4, -0.2) is 41.7 Å². The number of pyridine rings is 2. The molecule has 2 aromatic rings. The molecule has 2 heterocycles. The summed E-state index contributed by atoms with van der Waals surface area (Å²) in [5.74, 6) is 0. The summed E-state index contributed by atoms with van der Waals surface area (Å²) in [6, 6.07) is 6.32. The first-order valence-electron chi connectivity index (χ1n) is 12.2. The third kappa shape index (κ3) is 5.81. The third-order valence-corrected chi connectivity index (χ3v) is 6.32. The number of aromatic nitrogens is 2. The lowest BCUT2D eigenvalue weighted by Gasteiger charge is -2.23. The molecule has 0 radical (unpaired) electrons. The van der Waals surface area contributed by atoms with Gasteiger partial charge in [0, 0.05) is 18.2 Å². The van der Waals surface area contributed by atoms with Gasteiger partial charge in [0.15, 0.2) is 0 Å². The van der Waals surface area contributed by atoms with E-state index in [9.17, 15) is 0 Å². The van der Waals surface area contributed by atoms with Gasteiger partial charge in [-0.2, -0.15) is 0 Å². The van der Waals surface area contributed by atoms with Crippen molar-refractivity contribution in [3.05, 3.63) is 57.7 Å². The number of methoxy groups -OCH3 is 1. The van der Waals surface area contributed by atoms with Crippen molar-refractivity contribution in [1.29, 1.82) is 0 Å². The highest BCUT2D eigenvalue weighted by Gasteiger charge is 2.24. The van der Waals surface area contributed by atoms with Crippen LogP contribution in [0.5, 0.6) is 0 Å². The Morgan fingerprint density at radius 2 is 1.56 bits per heavy atom. The number of aryl methyl sites for hydroxylation is 3. The van der Waals surface area contributed by atoms with E-state index in [2.05, 4.69) is 54.3 Å². The molecule has 0 saturated carbocycles. The molecule has 182 valence electrons. The van der Waals surface area contributed by atoms with E-state index in [1.54, 1.807) is 7.11 Å². The van der Waals surface area contributed by atoms with Crippen LogP contribution in [-0.2, 0) is 33.9 Å². The van der Waals surface area contributed by atoms with Gasteiger partial charge < -0.3 is 14.4 Å². The normalized spacial score (nSPS) is 18.0. The summed E-state index contributed by atoms with van der Waals surface area (Å²) < 4.78 is 5.28. The zero-order valence-corrected chi connectivity index (χ0v) is 21.1. The number of fused-ring (bicyclic) bond motifs is 2. The molecule has 2 aliphatic carbocycles. The lowest BCUT2D eigenvalue weighted by atomic mass is 9.91. The predicted molar refractivity (Wildman–Crippen MR) is 133 cm³/mol. The highest BCUT2D eigenvalue weighted by atomic mass is 16.6. The molecule has 0 spiro atoms. The Kier molecular flexibility index (Phi) is 7.61. The molecular weight excluding hydrogens is 428 g/mol. The summed E-state index contributed by atoms with van der Waals surface area (Å²) >= 11 is 0. The average Bonchev–Trinajstić information content (AvgIpc) is 2.80. The molecule has 0 unspecified atom stereocenters. The largest absolute Gasteiger partial charge is 0.395 e. The molecule has 7 heteroatoms. The van der Waals surface area contributed by atoms with E-state index in [-0.39, 0.29) is 5.41 Å². The molecule has 0 amide bonds. The molecule has 34 heavy (non-hydrogen) atoms. The van der Waals surface area contributed by atoms with Gasteiger partial charge in [0.25, 0.3) is 0 Å². The first kappa shape index (κ1) is 24.3. The van der Waals surface area contributed by atoms with Crippen LogP contribution >= 0.6 is 0 Å². The molecule has 2 aromatic heterocycles. The highest BCUT2D eigenvalue weighted by molar-refractivity contribution is 6.01. The Bertz CT molecular complexity index is 1090. The number of ether oxygens (including phenoxy) is 1. The van der Waals surface area contributed by atoms with Crippen LogP contribution in [0.15, 0.2) is 28.5 Å². The fraction of sp³-hybridized carbons (Fsp3) is 0.556. The number of nitrogens with zero attached hydrogens (tertiary/aromatic N) is 4. The van der Waals surface area contributed by atoms with Gasteiger partial charge in [-0.25, -0.2) is 4.98 Å². The van der Waals surface area contributed by atoms with Crippen LogP contribution in [0.25, 0.3) is 0 Å². The van der Waals surface area contributed by atoms with E-state index in [1.165, 1.54) is 16.7 Å². The summed E-state index contributed by atoms with van der Waals surface area (Å²) in [5.41, 5.74) is 9.24. The Balaban J connectivity index is 1.38. The Hall–Kier alpha value is -2.80. The van der Waals surface area contributed by atoms with Gasteiger partial charge in [0.05, 0.1) is 23.7 Å².